The van der Waals surface area contributed by atoms with E-state index < -0.39 is 0 Å². The van der Waals surface area contributed by atoms with Crippen LogP contribution >= 0.6 is 24.0 Å². The Morgan fingerprint density at radius 2 is 1.90 bits per heavy atom. The molecular formula is C22H36IN7O. The predicted octanol–water partition coefficient (Wildman–Crippen LogP) is 2.82. The average molecular weight is 541 g/mol. The number of hydrogen-bond acceptors (Lipinski definition) is 6. The fraction of sp³-hybridized carbons (Fsp3) is 0.591. The van der Waals surface area contributed by atoms with E-state index in [0.29, 0.717) is 13.1 Å². The number of nitrogens with one attached hydrogen (secondary N) is 2. The number of halogens is 1. The van der Waals surface area contributed by atoms with Crippen LogP contribution in [-0.2, 0) is 25.9 Å². The maximum absolute atomic E-state index is 5.48. The van der Waals surface area contributed by atoms with E-state index in [4.69, 9.17) is 9.52 Å². The van der Waals surface area contributed by atoms with Crippen LogP contribution in [0.1, 0.15) is 43.4 Å². The van der Waals surface area contributed by atoms with Gasteiger partial charge in [-0.1, -0.05) is 25.1 Å². The van der Waals surface area contributed by atoms with Crippen LogP contribution in [0.3, 0.4) is 0 Å². The lowest BCUT2D eigenvalue weighted by Crippen LogP contribution is -2.45. The fourth-order valence-corrected chi connectivity index (χ4v) is 3.67. The fourth-order valence-electron chi connectivity index (χ4n) is 3.67. The smallest absolute Gasteiger partial charge is 0.191 e. The minimum absolute atomic E-state index is 0. The molecule has 172 valence electrons. The second-order valence-corrected chi connectivity index (χ2v) is 7.56. The Bertz CT molecular complexity index is 810. The third-order valence-electron chi connectivity index (χ3n) is 5.46. The monoisotopic (exact) mass is 541 g/mol. The van der Waals surface area contributed by atoms with Crippen LogP contribution in [0.4, 0.5) is 5.82 Å². The van der Waals surface area contributed by atoms with Gasteiger partial charge in [0, 0.05) is 63.0 Å². The number of nitrogens with zero attached hydrogens (tertiary/aromatic N) is 5. The molecule has 0 atom stereocenters. The van der Waals surface area contributed by atoms with Gasteiger partial charge in [-0.2, -0.15) is 0 Å². The molecule has 1 aliphatic rings. The Balaban J connectivity index is 0.00000341. The summed E-state index contributed by atoms with van der Waals surface area (Å²) in [5.41, 5.74) is 3.30. The van der Waals surface area contributed by atoms with Gasteiger partial charge >= 0.3 is 0 Å². The lowest BCUT2D eigenvalue weighted by atomic mass is 10.1. The number of anilines is 1. The summed E-state index contributed by atoms with van der Waals surface area (Å²) in [6.45, 7) is 12.4. The molecule has 3 heterocycles. The Morgan fingerprint density at radius 1 is 1.13 bits per heavy atom. The Labute approximate surface area is 202 Å². The van der Waals surface area contributed by atoms with Crippen LogP contribution in [-0.4, -0.2) is 60.8 Å². The van der Waals surface area contributed by atoms with Gasteiger partial charge in [-0.25, -0.2) is 9.98 Å². The first-order chi connectivity index (χ1) is 14.7. The lowest BCUT2D eigenvalue weighted by molar-refractivity contribution is 0.312. The van der Waals surface area contributed by atoms with Crippen LogP contribution in [0, 0.1) is 0 Å². The minimum atomic E-state index is 0. The molecule has 3 rings (SSSR count). The van der Waals surface area contributed by atoms with Gasteiger partial charge in [0.1, 0.15) is 11.6 Å². The summed E-state index contributed by atoms with van der Waals surface area (Å²) in [5.74, 6) is 2.78. The summed E-state index contributed by atoms with van der Waals surface area (Å²) in [6.07, 6.45) is 3.56. The van der Waals surface area contributed by atoms with Gasteiger partial charge in [0.25, 0.3) is 0 Å². The van der Waals surface area contributed by atoms with Crippen LogP contribution in [0.15, 0.2) is 27.8 Å². The summed E-state index contributed by atoms with van der Waals surface area (Å²) in [4.78, 5) is 14.2. The van der Waals surface area contributed by atoms with Crippen molar-refractivity contribution in [3.05, 3.63) is 40.9 Å². The number of piperazine rings is 1. The van der Waals surface area contributed by atoms with Gasteiger partial charge in [-0.15, -0.1) is 24.0 Å². The first-order valence-corrected chi connectivity index (χ1v) is 11.0. The molecule has 0 bridgehead atoms. The van der Waals surface area contributed by atoms with Crippen molar-refractivity contribution >= 4 is 35.8 Å². The van der Waals surface area contributed by atoms with E-state index in [2.05, 4.69) is 64.5 Å². The molecule has 8 nitrogen and oxygen atoms in total. The molecule has 9 heteroatoms. The molecule has 0 aliphatic carbocycles. The van der Waals surface area contributed by atoms with Crippen molar-refractivity contribution < 1.29 is 4.52 Å². The zero-order valence-corrected chi connectivity index (χ0v) is 21.5. The number of rotatable bonds is 8. The summed E-state index contributed by atoms with van der Waals surface area (Å²) < 4.78 is 5.48. The standard InChI is InChI=1S/C22H35N7O.HI/c1-5-19-18(20(6-2)30-27-19)16-26-22(23-7-3)25-15-17-9-8-10-24-21(17)29-13-11-28(4)12-14-29;/h8-10H,5-7,11-16H2,1-4H3,(H2,23,25,26);1H. The zero-order valence-electron chi connectivity index (χ0n) is 19.1. The summed E-state index contributed by atoms with van der Waals surface area (Å²) in [7, 11) is 2.17. The molecule has 31 heavy (non-hydrogen) atoms. The van der Waals surface area contributed by atoms with Crippen molar-refractivity contribution in [2.24, 2.45) is 4.99 Å². The quantitative estimate of drug-likeness (QED) is 0.302. The number of aromatic nitrogens is 2. The number of aliphatic imine (C=N–C) groups is 1. The topological polar surface area (TPSA) is 81.8 Å². The SMILES string of the molecule is CCNC(=NCc1cccnc1N1CCN(C)CC1)NCc1c(CC)noc1CC.I. The molecule has 0 radical (unpaired) electrons. The molecule has 1 fully saturated rings. The largest absolute Gasteiger partial charge is 0.361 e. The first-order valence-electron chi connectivity index (χ1n) is 11.0. The number of guanidine groups is 1. The molecule has 0 aromatic carbocycles. The molecule has 2 aromatic heterocycles. The number of aryl methyl sites for hydroxylation is 2. The summed E-state index contributed by atoms with van der Waals surface area (Å²) in [5, 5.41) is 11.0. The molecule has 0 unspecified atom stereocenters. The number of hydrogen-bond donors (Lipinski definition) is 2. The molecule has 1 aliphatic heterocycles. The number of pyridine rings is 1. The second-order valence-electron chi connectivity index (χ2n) is 7.56. The average Bonchev–Trinajstić information content (AvgIpc) is 3.18. The van der Waals surface area contributed by atoms with Crippen LogP contribution in [0.2, 0.25) is 0 Å². The predicted molar refractivity (Wildman–Crippen MR) is 136 cm³/mol. The Hall–Kier alpha value is -1.88. The zero-order chi connectivity index (χ0) is 21.3. The van der Waals surface area contributed by atoms with Gasteiger partial charge in [0.05, 0.1) is 12.2 Å². The Morgan fingerprint density at radius 3 is 2.58 bits per heavy atom. The highest BCUT2D eigenvalue weighted by atomic mass is 127. The van der Waals surface area contributed by atoms with Crippen molar-refractivity contribution in [3.8, 4) is 0 Å². The van der Waals surface area contributed by atoms with Gasteiger partial charge < -0.3 is 25.0 Å². The van der Waals surface area contributed by atoms with Gasteiger partial charge in [0.2, 0.25) is 0 Å². The van der Waals surface area contributed by atoms with Crippen molar-refractivity contribution in [2.75, 3.05) is 44.7 Å². The van der Waals surface area contributed by atoms with Gasteiger partial charge in [-0.05, 0) is 26.5 Å². The van der Waals surface area contributed by atoms with E-state index in [-0.39, 0.29) is 24.0 Å². The van der Waals surface area contributed by atoms with Crippen LogP contribution < -0.4 is 15.5 Å². The van der Waals surface area contributed by atoms with Crippen LogP contribution in [0.5, 0.6) is 0 Å². The highest BCUT2D eigenvalue weighted by Gasteiger charge is 2.18. The third-order valence-corrected chi connectivity index (χ3v) is 5.46. The van der Waals surface area contributed by atoms with E-state index in [1.54, 1.807) is 0 Å². The van der Waals surface area contributed by atoms with E-state index >= 15 is 0 Å². The highest BCUT2D eigenvalue weighted by Crippen LogP contribution is 2.20. The summed E-state index contributed by atoms with van der Waals surface area (Å²) in [6, 6.07) is 4.11. The lowest BCUT2D eigenvalue weighted by Gasteiger charge is -2.34. The van der Waals surface area contributed by atoms with Crippen LogP contribution in [0.25, 0.3) is 0 Å². The van der Waals surface area contributed by atoms with E-state index in [0.717, 1.165) is 79.9 Å². The second kappa shape index (κ2) is 12.8. The maximum Gasteiger partial charge on any atom is 0.191 e. The third kappa shape index (κ3) is 6.80. The molecular weight excluding hydrogens is 505 g/mol. The Kier molecular flexibility index (Phi) is 10.5. The van der Waals surface area contributed by atoms with Crippen molar-refractivity contribution in [1.82, 2.24) is 25.7 Å². The van der Waals surface area contributed by atoms with E-state index in [1.165, 1.54) is 0 Å². The highest BCUT2D eigenvalue weighted by molar-refractivity contribution is 14.0. The van der Waals surface area contributed by atoms with E-state index in [9.17, 15) is 0 Å². The molecule has 0 amide bonds. The number of likely N-dealkylation sites (N-methyl/N-ethyl adjacent to an activating group) is 1. The molecule has 2 N–H and O–H groups in total. The molecule has 1 saturated heterocycles. The normalized spacial score (nSPS) is 15.0. The molecule has 2 aromatic rings. The van der Waals surface area contributed by atoms with Gasteiger partial charge in [-0.3, -0.25) is 0 Å². The minimum Gasteiger partial charge on any atom is -0.361 e. The van der Waals surface area contributed by atoms with Crippen molar-refractivity contribution in [3.63, 3.8) is 0 Å². The first kappa shape index (κ1) is 25.4. The molecule has 0 spiro atoms. The maximum atomic E-state index is 5.48. The van der Waals surface area contributed by atoms with Crippen molar-refractivity contribution in [1.29, 1.82) is 0 Å². The molecule has 0 saturated carbocycles. The van der Waals surface area contributed by atoms with Gasteiger partial charge in [0.15, 0.2) is 5.96 Å². The van der Waals surface area contributed by atoms with E-state index in [1.807, 2.05) is 12.3 Å². The van der Waals surface area contributed by atoms with Crippen molar-refractivity contribution in [2.45, 2.75) is 46.7 Å². The summed E-state index contributed by atoms with van der Waals surface area (Å²) >= 11 is 0.